The highest BCUT2D eigenvalue weighted by atomic mass is 35.5. The van der Waals surface area contributed by atoms with Gasteiger partial charge >= 0.3 is 0 Å². The largest absolute Gasteiger partial charge is 0.338 e. The van der Waals surface area contributed by atoms with Crippen molar-refractivity contribution in [2.45, 2.75) is 26.2 Å². The molecule has 1 aliphatic rings. The Morgan fingerprint density at radius 3 is 3.16 bits per heavy atom. The molecule has 4 aromatic rings. The van der Waals surface area contributed by atoms with Gasteiger partial charge in [-0.1, -0.05) is 18.5 Å². The Labute approximate surface area is 153 Å². The van der Waals surface area contributed by atoms with Crippen LogP contribution in [0.3, 0.4) is 0 Å². The summed E-state index contributed by atoms with van der Waals surface area (Å²) in [6, 6.07) is 3.88. The summed E-state index contributed by atoms with van der Waals surface area (Å²) in [6.45, 7) is 2.32. The molecule has 1 unspecified atom stereocenters. The van der Waals surface area contributed by atoms with E-state index < -0.39 is 0 Å². The second-order valence-corrected chi connectivity index (χ2v) is 8.16. The molecule has 126 valence electrons. The molecule has 7 heteroatoms. The number of aromatic nitrogens is 4. The first-order valence-electron chi connectivity index (χ1n) is 8.34. The molecule has 1 aromatic carbocycles. The average Bonchev–Trinajstić information content (AvgIpc) is 3.18. The van der Waals surface area contributed by atoms with Crippen LogP contribution in [0.25, 0.3) is 21.1 Å². The van der Waals surface area contributed by atoms with Crippen LogP contribution >= 0.6 is 22.9 Å². The summed E-state index contributed by atoms with van der Waals surface area (Å²) in [6.07, 6.45) is 6.86. The van der Waals surface area contributed by atoms with E-state index in [0.29, 0.717) is 5.02 Å². The van der Waals surface area contributed by atoms with E-state index in [1.54, 1.807) is 23.9 Å². The van der Waals surface area contributed by atoms with E-state index in [0.717, 1.165) is 51.4 Å². The summed E-state index contributed by atoms with van der Waals surface area (Å²) >= 11 is 8.24. The molecule has 0 radical (unpaired) electrons. The quantitative estimate of drug-likeness (QED) is 0.516. The molecular formula is C18H16ClN5S. The zero-order chi connectivity index (χ0) is 17.0. The number of fused-ring (bicyclic) bond motifs is 4. The van der Waals surface area contributed by atoms with Gasteiger partial charge < -0.3 is 5.32 Å². The maximum Gasteiger partial charge on any atom is 0.142 e. The van der Waals surface area contributed by atoms with Gasteiger partial charge in [0.2, 0.25) is 0 Å². The van der Waals surface area contributed by atoms with Crippen molar-refractivity contribution in [1.82, 2.24) is 20.2 Å². The molecule has 5 rings (SSSR count). The van der Waals surface area contributed by atoms with Crippen LogP contribution in [0.4, 0.5) is 11.5 Å². The Balaban J connectivity index is 1.63. The molecule has 0 fully saturated rings. The third kappa shape index (κ3) is 2.48. The number of hydrogen-bond acceptors (Lipinski definition) is 5. The Bertz CT molecular complexity index is 1100. The number of aromatic amines is 1. The Morgan fingerprint density at radius 2 is 2.24 bits per heavy atom. The molecule has 1 atom stereocenters. The topological polar surface area (TPSA) is 66.5 Å². The van der Waals surface area contributed by atoms with Gasteiger partial charge in [0.25, 0.3) is 0 Å². The zero-order valence-electron chi connectivity index (χ0n) is 13.6. The van der Waals surface area contributed by atoms with Crippen molar-refractivity contribution in [3.05, 3.63) is 40.1 Å². The minimum atomic E-state index is 0.640. The van der Waals surface area contributed by atoms with Gasteiger partial charge in [0.1, 0.15) is 17.0 Å². The second-order valence-electron chi connectivity index (χ2n) is 6.67. The number of rotatable bonds is 2. The number of H-pyrrole nitrogens is 1. The third-order valence-corrected chi connectivity index (χ3v) is 6.35. The van der Waals surface area contributed by atoms with Crippen molar-refractivity contribution in [1.29, 1.82) is 0 Å². The molecule has 0 amide bonds. The van der Waals surface area contributed by atoms with E-state index in [9.17, 15) is 0 Å². The highest BCUT2D eigenvalue weighted by Gasteiger charge is 2.23. The SMILES string of the molecule is CC1CCc2c(sc3ncnc(Nc4cc5cn[nH]c5cc4Cl)c23)C1. The van der Waals surface area contributed by atoms with Crippen molar-refractivity contribution in [2.75, 3.05) is 5.32 Å². The van der Waals surface area contributed by atoms with Crippen LogP contribution < -0.4 is 5.32 Å². The van der Waals surface area contributed by atoms with Gasteiger partial charge in [-0.25, -0.2) is 9.97 Å². The van der Waals surface area contributed by atoms with E-state index in [1.165, 1.54) is 16.9 Å². The summed E-state index contributed by atoms with van der Waals surface area (Å²) in [5.74, 6) is 1.57. The second kappa shape index (κ2) is 5.68. The van der Waals surface area contributed by atoms with Gasteiger partial charge in [0.15, 0.2) is 0 Å². The fraction of sp³-hybridized carbons (Fsp3) is 0.278. The molecule has 3 heterocycles. The molecule has 0 saturated heterocycles. The number of hydrogen-bond donors (Lipinski definition) is 2. The molecule has 5 nitrogen and oxygen atoms in total. The minimum Gasteiger partial charge on any atom is -0.338 e. The zero-order valence-corrected chi connectivity index (χ0v) is 15.2. The van der Waals surface area contributed by atoms with E-state index >= 15 is 0 Å². The van der Waals surface area contributed by atoms with Crippen molar-refractivity contribution < 1.29 is 0 Å². The summed E-state index contributed by atoms with van der Waals surface area (Å²) < 4.78 is 0. The number of anilines is 2. The molecule has 0 bridgehead atoms. The van der Waals surface area contributed by atoms with Crippen LogP contribution in [0.5, 0.6) is 0 Å². The number of nitrogens with zero attached hydrogens (tertiary/aromatic N) is 3. The van der Waals surface area contributed by atoms with Gasteiger partial charge in [-0.05, 0) is 42.9 Å². The lowest BCUT2D eigenvalue weighted by Gasteiger charge is -2.18. The Kier molecular flexibility index (Phi) is 3.43. The standard InChI is InChI=1S/C18H16ClN5S/c1-9-2-3-11-15(4-9)25-18-16(11)17(20-8-21-18)23-14-5-10-7-22-24-13(10)6-12(14)19/h5-9H,2-4H2,1H3,(H,22,24)(H,20,21,23). The highest BCUT2D eigenvalue weighted by molar-refractivity contribution is 7.19. The summed E-state index contributed by atoms with van der Waals surface area (Å²) in [7, 11) is 0. The smallest absolute Gasteiger partial charge is 0.142 e. The predicted octanol–water partition coefficient (Wildman–Crippen LogP) is 5.09. The molecule has 25 heavy (non-hydrogen) atoms. The van der Waals surface area contributed by atoms with Gasteiger partial charge in [-0.3, -0.25) is 5.10 Å². The first-order valence-corrected chi connectivity index (χ1v) is 9.53. The predicted molar refractivity (Wildman–Crippen MR) is 103 cm³/mol. The molecular weight excluding hydrogens is 354 g/mol. The fourth-order valence-electron chi connectivity index (χ4n) is 3.56. The number of aryl methyl sites for hydroxylation is 1. The number of nitrogens with one attached hydrogen (secondary N) is 2. The van der Waals surface area contributed by atoms with Crippen LogP contribution in [0.2, 0.25) is 5.02 Å². The van der Waals surface area contributed by atoms with E-state index in [2.05, 4.69) is 32.4 Å². The number of thiophene rings is 1. The maximum atomic E-state index is 6.45. The molecule has 0 spiro atoms. The molecule has 3 aromatic heterocycles. The fourth-order valence-corrected chi connectivity index (χ4v) is 5.12. The van der Waals surface area contributed by atoms with Crippen LogP contribution in [-0.4, -0.2) is 20.2 Å². The van der Waals surface area contributed by atoms with Crippen molar-refractivity contribution in [3.8, 4) is 0 Å². The Morgan fingerprint density at radius 1 is 1.32 bits per heavy atom. The van der Waals surface area contributed by atoms with Gasteiger partial charge in [0.05, 0.1) is 27.8 Å². The van der Waals surface area contributed by atoms with Crippen molar-refractivity contribution >= 4 is 55.6 Å². The monoisotopic (exact) mass is 369 g/mol. The molecule has 1 aliphatic carbocycles. The highest BCUT2D eigenvalue weighted by Crippen LogP contribution is 2.41. The van der Waals surface area contributed by atoms with E-state index in [1.807, 2.05) is 12.1 Å². The molecule has 0 aliphatic heterocycles. The van der Waals surface area contributed by atoms with Crippen LogP contribution in [-0.2, 0) is 12.8 Å². The molecule has 2 N–H and O–H groups in total. The lowest BCUT2D eigenvalue weighted by atomic mass is 9.89. The Hall–Kier alpha value is -2.18. The first kappa shape index (κ1) is 15.1. The van der Waals surface area contributed by atoms with Crippen LogP contribution in [0.15, 0.2) is 24.7 Å². The normalized spacial score (nSPS) is 17.1. The van der Waals surface area contributed by atoms with Gasteiger partial charge in [-0.15, -0.1) is 11.3 Å². The van der Waals surface area contributed by atoms with Gasteiger partial charge in [0, 0.05) is 10.3 Å². The minimum absolute atomic E-state index is 0.640. The summed E-state index contributed by atoms with van der Waals surface area (Å²) in [5, 5.41) is 13.2. The average molecular weight is 370 g/mol. The lowest BCUT2D eigenvalue weighted by Crippen LogP contribution is -2.09. The number of halogens is 1. The maximum absolute atomic E-state index is 6.45. The summed E-state index contributed by atoms with van der Waals surface area (Å²) in [5.41, 5.74) is 3.16. The van der Waals surface area contributed by atoms with Crippen molar-refractivity contribution in [3.63, 3.8) is 0 Å². The summed E-state index contributed by atoms with van der Waals surface area (Å²) in [4.78, 5) is 11.5. The van der Waals surface area contributed by atoms with E-state index in [4.69, 9.17) is 11.6 Å². The third-order valence-electron chi connectivity index (χ3n) is 4.87. The lowest BCUT2D eigenvalue weighted by molar-refractivity contribution is 0.509. The van der Waals surface area contributed by atoms with Gasteiger partial charge in [-0.2, -0.15) is 5.10 Å². The number of benzene rings is 1. The molecule has 0 saturated carbocycles. The van der Waals surface area contributed by atoms with Crippen molar-refractivity contribution in [2.24, 2.45) is 5.92 Å². The van der Waals surface area contributed by atoms with E-state index in [-0.39, 0.29) is 0 Å². The van der Waals surface area contributed by atoms with Crippen LogP contribution in [0.1, 0.15) is 23.8 Å². The van der Waals surface area contributed by atoms with Crippen LogP contribution in [0, 0.1) is 5.92 Å². The first-order chi connectivity index (χ1) is 12.2.